The van der Waals surface area contributed by atoms with Crippen LogP contribution in [0.4, 0.5) is 16.2 Å². The Morgan fingerprint density at radius 2 is 1.95 bits per heavy atom. The third-order valence-electron chi connectivity index (χ3n) is 5.02. The molecular weight excluding hydrogens is 530 g/mol. The first-order chi connectivity index (χ1) is 18.1. The molecule has 1 saturated heterocycles. The van der Waals surface area contributed by atoms with E-state index in [1.807, 2.05) is 0 Å². The van der Waals surface area contributed by atoms with Crippen molar-refractivity contribution in [3.05, 3.63) is 90.6 Å². The molecule has 0 radical (unpaired) electrons. The minimum Gasteiger partial charge on any atom is -0.463 e. The van der Waals surface area contributed by atoms with Crippen molar-refractivity contribution < 1.29 is 38.1 Å². The maximum atomic E-state index is 12.8. The SMILES string of the molecule is COC(=O)c1ccc(CN2C(=O)N/C(=C\c3cc(Cl)c(Oc4ccc([N+](=O)[O-])cn4)c([N+](=O)[O-])c3)C2=O)o1. The average Bonchev–Trinajstić information content (AvgIpc) is 3.45. The molecule has 0 unspecified atom stereocenters. The molecule has 1 aromatic carbocycles. The second-order valence-electron chi connectivity index (χ2n) is 7.46. The highest BCUT2D eigenvalue weighted by atomic mass is 35.5. The van der Waals surface area contributed by atoms with E-state index >= 15 is 0 Å². The molecule has 1 fully saturated rings. The van der Waals surface area contributed by atoms with E-state index in [0.29, 0.717) is 0 Å². The standard InChI is InChI=1S/C22H14ClN5O10/c1-36-21(30)17-4-3-13(37-17)10-26-20(29)15(25-22(26)31)7-11-6-14(23)19(16(8-11)28(34)35)38-18-5-2-12(9-24-18)27(32)33/h2-9H,10H2,1H3,(H,25,31)/b15-7-. The summed E-state index contributed by atoms with van der Waals surface area (Å²) in [7, 11) is 1.17. The lowest BCUT2D eigenvalue weighted by molar-refractivity contribution is -0.385. The van der Waals surface area contributed by atoms with Gasteiger partial charge in [-0.15, -0.1) is 0 Å². The summed E-state index contributed by atoms with van der Waals surface area (Å²) in [4.78, 5) is 62.2. The van der Waals surface area contributed by atoms with Crippen molar-refractivity contribution in [3.63, 3.8) is 0 Å². The first-order valence-electron chi connectivity index (χ1n) is 10.3. The van der Waals surface area contributed by atoms with Crippen LogP contribution < -0.4 is 10.1 Å². The number of pyridine rings is 1. The Hall–Kier alpha value is -5.31. The Balaban J connectivity index is 1.57. The van der Waals surface area contributed by atoms with E-state index in [9.17, 15) is 34.6 Å². The van der Waals surface area contributed by atoms with Crippen LogP contribution in [-0.4, -0.2) is 44.7 Å². The van der Waals surface area contributed by atoms with Gasteiger partial charge in [0, 0.05) is 18.2 Å². The van der Waals surface area contributed by atoms with Gasteiger partial charge < -0.3 is 19.2 Å². The third kappa shape index (κ3) is 5.26. The van der Waals surface area contributed by atoms with E-state index in [2.05, 4.69) is 15.0 Å². The molecule has 0 atom stereocenters. The Kier molecular flexibility index (Phi) is 7.02. The summed E-state index contributed by atoms with van der Waals surface area (Å²) in [6, 6.07) is 6.48. The van der Waals surface area contributed by atoms with Crippen LogP contribution in [0.3, 0.4) is 0 Å². The highest BCUT2D eigenvalue weighted by Gasteiger charge is 2.35. The molecular formula is C22H14ClN5O10. The number of methoxy groups -OCH3 is 1. The van der Waals surface area contributed by atoms with Gasteiger partial charge in [0.15, 0.2) is 0 Å². The molecule has 1 aliphatic rings. The Labute approximate surface area is 216 Å². The molecule has 16 heteroatoms. The van der Waals surface area contributed by atoms with Crippen LogP contribution >= 0.6 is 11.6 Å². The molecule has 0 saturated carbocycles. The summed E-state index contributed by atoms with van der Waals surface area (Å²) in [6.07, 6.45) is 2.09. The number of imide groups is 1. The lowest BCUT2D eigenvalue weighted by atomic mass is 10.1. The number of urea groups is 1. The van der Waals surface area contributed by atoms with Crippen molar-refractivity contribution in [2.45, 2.75) is 6.54 Å². The van der Waals surface area contributed by atoms with Gasteiger partial charge in [-0.2, -0.15) is 0 Å². The number of halogens is 1. The smallest absolute Gasteiger partial charge is 0.373 e. The molecule has 38 heavy (non-hydrogen) atoms. The van der Waals surface area contributed by atoms with Gasteiger partial charge in [0.2, 0.25) is 17.4 Å². The van der Waals surface area contributed by atoms with Crippen LogP contribution in [0.2, 0.25) is 5.02 Å². The van der Waals surface area contributed by atoms with E-state index in [4.69, 9.17) is 20.8 Å². The zero-order valence-electron chi connectivity index (χ0n) is 19.1. The number of hydrogen-bond donors (Lipinski definition) is 1. The highest BCUT2D eigenvalue weighted by molar-refractivity contribution is 6.32. The number of esters is 1. The van der Waals surface area contributed by atoms with Gasteiger partial charge in [-0.3, -0.25) is 29.9 Å². The fraction of sp³-hybridized carbons (Fsp3) is 0.0909. The van der Waals surface area contributed by atoms with Crippen LogP contribution in [0.25, 0.3) is 6.08 Å². The van der Waals surface area contributed by atoms with Crippen LogP contribution in [0, 0.1) is 20.2 Å². The number of ether oxygens (including phenoxy) is 2. The zero-order valence-corrected chi connectivity index (χ0v) is 19.8. The van der Waals surface area contributed by atoms with Gasteiger partial charge in [0.05, 0.1) is 28.5 Å². The molecule has 2 aromatic heterocycles. The first kappa shape index (κ1) is 25.8. The van der Waals surface area contributed by atoms with Gasteiger partial charge in [0.25, 0.3) is 11.6 Å². The average molecular weight is 544 g/mol. The largest absolute Gasteiger partial charge is 0.463 e. The van der Waals surface area contributed by atoms with E-state index in [1.54, 1.807) is 0 Å². The van der Waals surface area contributed by atoms with Gasteiger partial charge in [0.1, 0.15) is 17.7 Å². The molecule has 3 amide bonds. The molecule has 1 aliphatic heterocycles. The molecule has 4 rings (SSSR count). The highest BCUT2D eigenvalue weighted by Crippen LogP contribution is 2.39. The van der Waals surface area contributed by atoms with Gasteiger partial charge in [-0.05, 0) is 29.8 Å². The minimum absolute atomic E-state index is 0.0854. The number of carbonyl (C=O) groups is 3. The van der Waals surface area contributed by atoms with Crippen molar-refractivity contribution in [1.29, 1.82) is 0 Å². The molecule has 3 heterocycles. The lowest BCUT2D eigenvalue weighted by Crippen LogP contribution is -2.30. The second kappa shape index (κ2) is 10.4. The van der Waals surface area contributed by atoms with Crippen molar-refractivity contribution in [1.82, 2.24) is 15.2 Å². The van der Waals surface area contributed by atoms with Gasteiger partial charge in [-0.25, -0.2) is 14.6 Å². The van der Waals surface area contributed by atoms with Gasteiger partial charge in [-0.1, -0.05) is 11.6 Å². The van der Waals surface area contributed by atoms with Gasteiger partial charge >= 0.3 is 17.7 Å². The molecule has 0 aliphatic carbocycles. The van der Waals surface area contributed by atoms with E-state index in [0.717, 1.165) is 29.3 Å². The molecule has 3 aromatic rings. The number of furan rings is 1. The topological polar surface area (TPSA) is 197 Å². The number of nitro groups is 2. The number of rotatable bonds is 8. The van der Waals surface area contributed by atoms with Crippen LogP contribution in [0.1, 0.15) is 21.9 Å². The van der Waals surface area contributed by atoms with Crippen molar-refractivity contribution in [2.75, 3.05) is 7.11 Å². The summed E-state index contributed by atoms with van der Waals surface area (Å²) < 4.78 is 15.2. The molecule has 194 valence electrons. The second-order valence-corrected chi connectivity index (χ2v) is 7.87. The molecule has 0 bridgehead atoms. The van der Waals surface area contributed by atoms with Crippen molar-refractivity contribution >= 4 is 47.0 Å². The van der Waals surface area contributed by atoms with Crippen molar-refractivity contribution in [3.8, 4) is 11.6 Å². The van der Waals surface area contributed by atoms with Crippen molar-refractivity contribution in [2.24, 2.45) is 0 Å². The number of nitrogens with zero attached hydrogens (tertiary/aromatic N) is 4. The van der Waals surface area contributed by atoms with E-state index in [-0.39, 0.29) is 51.7 Å². The fourth-order valence-electron chi connectivity index (χ4n) is 3.28. The number of aromatic nitrogens is 1. The summed E-state index contributed by atoms with van der Waals surface area (Å²) in [5.41, 5.74) is -1.02. The molecule has 1 N–H and O–H groups in total. The number of carbonyl (C=O) groups excluding carboxylic acids is 3. The lowest BCUT2D eigenvalue weighted by Gasteiger charge is -2.09. The molecule has 0 spiro atoms. The Morgan fingerprint density at radius 3 is 2.58 bits per heavy atom. The normalized spacial score (nSPS) is 13.9. The van der Waals surface area contributed by atoms with Crippen LogP contribution in [0.5, 0.6) is 11.6 Å². The number of nitro benzene ring substituents is 1. The predicted octanol–water partition coefficient (Wildman–Crippen LogP) is 3.82. The summed E-state index contributed by atoms with van der Waals surface area (Å²) in [5, 5.41) is 24.6. The summed E-state index contributed by atoms with van der Waals surface area (Å²) >= 11 is 6.21. The third-order valence-corrected chi connectivity index (χ3v) is 5.30. The summed E-state index contributed by atoms with van der Waals surface area (Å²) in [6.45, 7) is -0.297. The first-order valence-corrected chi connectivity index (χ1v) is 10.7. The maximum absolute atomic E-state index is 12.8. The van der Waals surface area contributed by atoms with Crippen LogP contribution in [0.15, 0.2) is 52.7 Å². The maximum Gasteiger partial charge on any atom is 0.373 e. The minimum atomic E-state index is -0.790. The molecule has 15 nitrogen and oxygen atoms in total. The Morgan fingerprint density at radius 1 is 1.18 bits per heavy atom. The predicted molar refractivity (Wildman–Crippen MR) is 126 cm³/mol. The monoisotopic (exact) mass is 543 g/mol. The fourth-order valence-corrected chi connectivity index (χ4v) is 3.54. The Bertz CT molecular complexity index is 1520. The van der Waals surface area contributed by atoms with E-state index < -0.39 is 33.4 Å². The van der Waals surface area contributed by atoms with E-state index in [1.165, 1.54) is 31.4 Å². The zero-order chi connectivity index (χ0) is 27.6. The summed E-state index contributed by atoms with van der Waals surface area (Å²) in [5.74, 6) is -2.05. The number of nitrogens with one attached hydrogen (secondary N) is 1. The number of amides is 3. The number of hydrogen-bond acceptors (Lipinski definition) is 11. The quantitative estimate of drug-likeness (QED) is 0.142. The van der Waals surface area contributed by atoms with Crippen LogP contribution in [-0.2, 0) is 16.1 Å². The number of benzene rings is 1.